The lowest BCUT2D eigenvalue weighted by Crippen LogP contribution is -2.16. The van der Waals surface area contributed by atoms with Crippen molar-refractivity contribution in [3.05, 3.63) is 0 Å². The summed E-state index contributed by atoms with van der Waals surface area (Å²) < 4.78 is 10.9. The van der Waals surface area contributed by atoms with E-state index in [1.54, 1.807) is 0 Å². The summed E-state index contributed by atoms with van der Waals surface area (Å²) in [6.07, 6.45) is 7.88. The second kappa shape index (κ2) is 13.3. The van der Waals surface area contributed by atoms with Crippen LogP contribution in [0.15, 0.2) is 0 Å². The van der Waals surface area contributed by atoms with E-state index in [1.165, 1.54) is 25.7 Å². The monoisotopic (exact) mass is 260 g/mol. The van der Waals surface area contributed by atoms with Gasteiger partial charge in [0.25, 0.3) is 0 Å². The molecule has 0 bridgehead atoms. The Morgan fingerprint density at radius 1 is 0.944 bits per heavy atom. The van der Waals surface area contributed by atoms with Crippen molar-refractivity contribution >= 4 is 0 Å². The molecule has 0 saturated heterocycles. The predicted octanol–water partition coefficient (Wildman–Crippen LogP) is 3.40. The largest absolute Gasteiger partial charge is 0.394 e. The van der Waals surface area contributed by atoms with Crippen LogP contribution in [-0.4, -0.2) is 37.6 Å². The summed E-state index contributed by atoms with van der Waals surface area (Å²) in [6.45, 7) is 8.47. The third kappa shape index (κ3) is 12.3. The van der Waals surface area contributed by atoms with E-state index in [9.17, 15) is 0 Å². The lowest BCUT2D eigenvalue weighted by atomic mass is 10.0. The average molecular weight is 260 g/mol. The topological polar surface area (TPSA) is 38.7 Å². The van der Waals surface area contributed by atoms with Crippen molar-refractivity contribution in [1.82, 2.24) is 0 Å². The second-order valence-electron chi connectivity index (χ2n) is 5.27. The number of hydrogen-bond acceptors (Lipinski definition) is 3. The van der Waals surface area contributed by atoms with Crippen LogP contribution in [0.4, 0.5) is 0 Å². The van der Waals surface area contributed by atoms with Crippen molar-refractivity contribution < 1.29 is 14.6 Å². The Hall–Kier alpha value is -0.120. The van der Waals surface area contributed by atoms with Gasteiger partial charge in [0.05, 0.1) is 32.5 Å². The fourth-order valence-electron chi connectivity index (χ4n) is 1.95. The van der Waals surface area contributed by atoms with Gasteiger partial charge in [-0.1, -0.05) is 46.5 Å². The van der Waals surface area contributed by atoms with Crippen LogP contribution in [0.5, 0.6) is 0 Å². The molecule has 0 radical (unpaired) electrons. The number of rotatable bonds is 13. The first-order chi connectivity index (χ1) is 8.70. The Bertz CT molecular complexity index is 160. The van der Waals surface area contributed by atoms with Gasteiger partial charge >= 0.3 is 0 Å². The van der Waals surface area contributed by atoms with Crippen molar-refractivity contribution in [3.8, 4) is 0 Å². The van der Waals surface area contributed by atoms with Gasteiger partial charge < -0.3 is 14.6 Å². The molecule has 0 saturated carbocycles. The highest BCUT2D eigenvalue weighted by Gasteiger charge is 2.06. The van der Waals surface area contributed by atoms with Gasteiger partial charge in [0.1, 0.15) is 0 Å². The third-order valence-electron chi connectivity index (χ3n) is 3.08. The summed E-state index contributed by atoms with van der Waals surface area (Å²) in [6, 6.07) is 0. The predicted molar refractivity (Wildman–Crippen MR) is 75.9 cm³/mol. The van der Waals surface area contributed by atoms with E-state index in [4.69, 9.17) is 14.6 Å². The van der Waals surface area contributed by atoms with Crippen LogP contribution < -0.4 is 0 Å². The van der Waals surface area contributed by atoms with E-state index in [-0.39, 0.29) is 6.61 Å². The van der Waals surface area contributed by atoms with Crippen molar-refractivity contribution in [3.63, 3.8) is 0 Å². The molecule has 1 atom stereocenters. The van der Waals surface area contributed by atoms with E-state index in [0.717, 1.165) is 18.8 Å². The summed E-state index contributed by atoms with van der Waals surface area (Å²) in [4.78, 5) is 0. The van der Waals surface area contributed by atoms with Crippen LogP contribution in [0.1, 0.15) is 59.3 Å². The molecule has 0 spiro atoms. The molecule has 18 heavy (non-hydrogen) atoms. The van der Waals surface area contributed by atoms with Crippen LogP contribution in [0.3, 0.4) is 0 Å². The molecular weight excluding hydrogens is 228 g/mol. The van der Waals surface area contributed by atoms with Crippen molar-refractivity contribution in [2.24, 2.45) is 5.92 Å². The van der Waals surface area contributed by atoms with Gasteiger partial charge in [0, 0.05) is 0 Å². The van der Waals surface area contributed by atoms with Crippen LogP contribution in [0.25, 0.3) is 0 Å². The summed E-state index contributed by atoms with van der Waals surface area (Å²) in [5, 5.41) is 8.56. The van der Waals surface area contributed by atoms with Gasteiger partial charge in [0.2, 0.25) is 0 Å². The van der Waals surface area contributed by atoms with E-state index in [1.807, 2.05) is 0 Å². The quantitative estimate of drug-likeness (QED) is 0.516. The Kier molecular flexibility index (Phi) is 13.2. The number of aliphatic hydroxyl groups is 1. The molecule has 0 aliphatic heterocycles. The SMILES string of the molecule is CCC(CCCCCC(C)C)OCCOCCO. The smallest absolute Gasteiger partial charge is 0.0704 e. The Balaban J connectivity index is 3.35. The van der Waals surface area contributed by atoms with E-state index in [0.29, 0.717) is 25.9 Å². The Morgan fingerprint density at radius 2 is 1.67 bits per heavy atom. The number of ether oxygens (including phenoxy) is 2. The lowest BCUT2D eigenvalue weighted by molar-refractivity contribution is -0.00743. The molecule has 3 nitrogen and oxygen atoms in total. The highest BCUT2D eigenvalue weighted by molar-refractivity contribution is 4.57. The highest BCUT2D eigenvalue weighted by atomic mass is 16.5. The fraction of sp³-hybridized carbons (Fsp3) is 1.00. The summed E-state index contributed by atoms with van der Waals surface area (Å²) in [5.74, 6) is 0.826. The van der Waals surface area contributed by atoms with Crippen LogP contribution >= 0.6 is 0 Å². The molecule has 3 heteroatoms. The average Bonchev–Trinajstić information content (AvgIpc) is 2.35. The minimum absolute atomic E-state index is 0.0903. The second-order valence-corrected chi connectivity index (χ2v) is 5.27. The maximum atomic E-state index is 8.56. The molecular formula is C15H32O3. The minimum atomic E-state index is 0.0903. The molecule has 0 aromatic heterocycles. The first-order valence-electron chi connectivity index (χ1n) is 7.50. The molecule has 110 valence electrons. The molecule has 0 aromatic carbocycles. The molecule has 0 aliphatic carbocycles. The van der Waals surface area contributed by atoms with Crippen molar-refractivity contribution in [2.45, 2.75) is 65.4 Å². The highest BCUT2D eigenvalue weighted by Crippen LogP contribution is 2.13. The normalized spacial score (nSPS) is 13.2. The van der Waals surface area contributed by atoms with Gasteiger partial charge in [-0.05, 0) is 18.8 Å². The fourth-order valence-corrected chi connectivity index (χ4v) is 1.95. The molecule has 0 aromatic rings. The molecule has 0 aliphatic rings. The van der Waals surface area contributed by atoms with E-state index in [2.05, 4.69) is 20.8 Å². The molecule has 1 N–H and O–H groups in total. The Morgan fingerprint density at radius 3 is 2.28 bits per heavy atom. The number of aliphatic hydroxyl groups excluding tert-OH is 1. The molecule has 0 amide bonds. The van der Waals surface area contributed by atoms with Crippen LogP contribution in [0, 0.1) is 5.92 Å². The maximum Gasteiger partial charge on any atom is 0.0704 e. The minimum Gasteiger partial charge on any atom is -0.394 e. The molecule has 0 heterocycles. The number of hydrogen-bond donors (Lipinski definition) is 1. The van der Waals surface area contributed by atoms with Crippen molar-refractivity contribution in [2.75, 3.05) is 26.4 Å². The third-order valence-corrected chi connectivity index (χ3v) is 3.08. The number of unbranched alkanes of at least 4 members (excludes halogenated alkanes) is 2. The molecule has 1 unspecified atom stereocenters. The molecule has 0 fully saturated rings. The van der Waals surface area contributed by atoms with Gasteiger partial charge in [-0.2, -0.15) is 0 Å². The van der Waals surface area contributed by atoms with Gasteiger partial charge in [0.15, 0.2) is 0 Å². The van der Waals surface area contributed by atoms with Crippen LogP contribution in [-0.2, 0) is 9.47 Å². The molecule has 0 rings (SSSR count). The maximum absolute atomic E-state index is 8.56. The zero-order valence-corrected chi connectivity index (χ0v) is 12.5. The van der Waals surface area contributed by atoms with Crippen molar-refractivity contribution in [1.29, 1.82) is 0 Å². The van der Waals surface area contributed by atoms with Gasteiger partial charge in [-0.15, -0.1) is 0 Å². The summed E-state index contributed by atoms with van der Waals surface area (Å²) in [5.41, 5.74) is 0. The standard InChI is InChI=1S/C15H32O3/c1-4-15(18-13-12-17-11-10-16)9-7-5-6-8-14(2)3/h14-16H,4-13H2,1-3H3. The van der Waals surface area contributed by atoms with E-state index >= 15 is 0 Å². The zero-order chi connectivity index (χ0) is 13.6. The van der Waals surface area contributed by atoms with E-state index < -0.39 is 0 Å². The summed E-state index contributed by atoms with van der Waals surface area (Å²) >= 11 is 0. The van der Waals surface area contributed by atoms with Crippen LogP contribution in [0.2, 0.25) is 0 Å². The summed E-state index contributed by atoms with van der Waals surface area (Å²) in [7, 11) is 0. The Labute approximate surface area is 113 Å². The van der Waals surface area contributed by atoms with Gasteiger partial charge in [-0.25, -0.2) is 0 Å². The zero-order valence-electron chi connectivity index (χ0n) is 12.5. The van der Waals surface area contributed by atoms with Gasteiger partial charge in [-0.3, -0.25) is 0 Å². The lowest BCUT2D eigenvalue weighted by Gasteiger charge is -2.16. The first-order valence-corrected chi connectivity index (χ1v) is 7.50. The first kappa shape index (κ1) is 17.9.